The second kappa shape index (κ2) is 5.70. The summed E-state index contributed by atoms with van der Waals surface area (Å²) in [6.45, 7) is 5.78. The number of aromatic carboxylic acids is 1. The molecule has 0 bridgehead atoms. The van der Waals surface area contributed by atoms with Crippen molar-refractivity contribution < 1.29 is 18.3 Å². The van der Waals surface area contributed by atoms with E-state index in [1.165, 1.54) is 14.0 Å². The molecule has 2 N–H and O–H groups in total. The van der Waals surface area contributed by atoms with Crippen LogP contribution in [0.4, 0.5) is 0 Å². The van der Waals surface area contributed by atoms with Crippen LogP contribution >= 0.6 is 0 Å². The van der Waals surface area contributed by atoms with E-state index in [0.717, 1.165) is 4.31 Å². The molecule has 0 aliphatic heterocycles. The lowest BCUT2D eigenvalue weighted by Gasteiger charge is -2.17. The minimum Gasteiger partial charge on any atom is -0.478 e. The van der Waals surface area contributed by atoms with E-state index in [0.29, 0.717) is 18.9 Å². The van der Waals surface area contributed by atoms with Crippen molar-refractivity contribution in [3.05, 3.63) is 11.3 Å². The molecule has 0 saturated carbocycles. The highest BCUT2D eigenvalue weighted by Gasteiger charge is 2.31. The number of H-pyrrole nitrogens is 1. The summed E-state index contributed by atoms with van der Waals surface area (Å²) < 4.78 is 25.7. The first-order valence-corrected chi connectivity index (χ1v) is 7.36. The quantitative estimate of drug-likeness (QED) is 0.815. The topological polar surface area (TPSA) is 103 Å². The van der Waals surface area contributed by atoms with E-state index >= 15 is 0 Å². The Balaban J connectivity index is 3.10. The predicted octanol–water partition coefficient (Wildman–Crippen LogP) is 1.08. The van der Waals surface area contributed by atoms with Crippen molar-refractivity contribution in [2.75, 3.05) is 13.6 Å². The summed E-state index contributed by atoms with van der Waals surface area (Å²) in [5, 5.41) is 14.7. The van der Waals surface area contributed by atoms with Crippen LogP contribution in [0, 0.1) is 12.8 Å². The molecule has 7 nitrogen and oxygen atoms in total. The lowest BCUT2D eigenvalue weighted by Crippen LogP contribution is -2.30. The Kier molecular flexibility index (Phi) is 4.70. The summed E-state index contributed by atoms with van der Waals surface area (Å²) in [6.07, 6.45) is 0.696. The molecule has 0 spiro atoms. The Morgan fingerprint density at radius 2 is 2.05 bits per heavy atom. The molecular weight excluding hydrogens is 270 g/mol. The number of sulfonamides is 1. The van der Waals surface area contributed by atoms with Crippen molar-refractivity contribution in [3.63, 3.8) is 0 Å². The predicted molar refractivity (Wildman–Crippen MR) is 69.6 cm³/mol. The molecule has 108 valence electrons. The van der Waals surface area contributed by atoms with Crippen LogP contribution in [0.2, 0.25) is 0 Å². The van der Waals surface area contributed by atoms with Crippen molar-refractivity contribution in [2.24, 2.45) is 5.92 Å². The number of aromatic nitrogens is 2. The van der Waals surface area contributed by atoms with Crippen molar-refractivity contribution in [2.45, 2.75) is 32.2 Å². The smallest absolute Gasteiger partial charge is 0.340 e. The highest BCUT2D eigenvalue weighted by atomic mass is 32.2. The summed E-state index contributed by atoms with van der Waals surface area (Å²) in [4.78, 5) is 11.1. The fraction of sp³-hybridized carbons (Fsp3) is 0.636. The summed E-state index contributed by atoms with van der Waals surface area (Å²) in [5.41, 5.74) is -0.0697. The van der Waals surface area contributed by atoms with Gasteiger partial charge in [0.1, 0.15) is 5.56 Å². The van der Waals surface area contributed by atoms with Gasteiger partial charge in [-0.25, -0.2) is 13.2 Å². The van der Waals surface area contributed by atoms with Gasteiger partial charge in [-0.1, -0.05) is 13.8 Å². The Morgan fingerprint density at radius 1 is 1.47 bits per heavy atom. The zero-order valence-corrected chi connectivity index (χ0v) is 12.3. The molecule has 1 rings (SSSR count). The van der Waals surface area contributed by atoms with Crippen LogP contribution in [0.1, 0.15) is 36.3 Å². The average Bonchev–Trinajstić information content (AvgIpc) is 2.68. The van der Waals surface area contributed by atoms with Gasteiger partial charge in [-0.05, 0) is 19.3 Å². The number of nitrogens with one attached hydrogen (secondary N) is 1. The van der Waals surface area contributed by atoms with Crippen LogP contribution in [0.5, 0.6) is 0 Å². The third kappa shape index (κ3) is 3.32. The van der Waals surface area contributed by atoms with Gasteiger partial charge >= 0.3 is 5.97 Å². The van der Waals surface area contributed by atoms with Crippen molar-refractivity contribution >= 4 is 16.0 Å². The lowest BCUT2D eigenvalue weighted by molar-refractivity contribution is 0.0691. The Morgan fingerprint density at radius 3 is 2.53 bits per heavy atom. The van der Waals surface area contributed by atoms with Crippen molar-refractivity contribution in [1.82, 2.24) is 14.5 Å². The molecule has 0 aromatic carbocycles. The fourth-order valence-electron chi connectivity index (χ4n) is 1.55. The number of nitrogens with zero attached hydrogens (tertiary/aromatic N) is 2. The first kappa shape index (κ1) is 15.6. The number of carbonyl (C=O) groups is 1. The molecule has 0 aliphatic rings. The molecule has 8 heteroatoms. The van der Waals surface area contributed by atoms with Crippen LogP contribution in [0.3, 0.4) is 0 Å². The van der Waals surface area contributed by atoms with Gasteiger partial charge in [-0.15, -0.1) is 0 Å². The third-order valence-corrected chi connectivity index (χ3v) is 4.59. The number of aromatic amines is 1. The zero-order chi connectivity index (χ0) is 14.8. The first-order valence-electron chi connectivity index (χ1n) is 5.92. The SMILES string of the molecule is Cc1[nH]nc(S(=O)(=O)N(C)CCC(C)C)c1C(=O)O. The minimum atomic E-state index is -3.88. The molecule has 0 unspecified atom stereocenters. The standard InChI is InChI=1S/C11H19N3O4S/c1-7(2)5-6-14(4)19(17,18)10-9(11(15)16)8(3)12-13-10/h7H,5-6H2,1-4H3,(H,12,13)(H,15,16). The van der Waals surface area contributed by atoms with Crippen LogP contribution in [0.15, 0.2) is 5.03 Å². The number of hydrogen-bond donors (Lipinski definition) is 2. The normalized spacial score (nSPS) is 12.3. The molecule has 0 fully saturated rings. The summed E-state index contributed by atoms with van der Waals surface area (Å²) in [7, 11) is -2.46. The summed E-state index contributed by atoms with van der Waals surface area (Å²) >= 11 is 0. The highest BCUT2D eigenvalue weighted by molar-refractivity contribution is 7.89. The van der Waals surface area contributed by atoms with Crippen LogP contribution in [0.25, 0.3) is 0 Å². The lowest BCUT2D eigenvalue weighted by atomic mass is 10.1. The van der Waals surface area contributed by atoms with E-state index in [-0.39, 0.29) is 11.3 Å². The van der Waals surface area contributed by atoms with E-state index in [2.05, 4.69) is 10.2 Å². The van der Waals surface area contributed by atoms with Crippen LogP contribution in [-0.4, -0.2) is 47.6 Å². The van der Waals surface area contributed by atoms with Crippen molar-refractivity contribution in [1.29, 1.82) is 0 Å². The number of carboxylic acid groups (broad SMARTS) is 1. The molecule has 0 radical (unpaired) electrons. The zero-order valence-electron chi connectivity index (χ0n) is 11.5. The fourth-order valence-corrected chi connectivity index (χ4v) is 2.85. The number of aryl methyl sites for hydroxylation is 1. The molecular formula is C11H19N3O4S. The van der Waals surface area contributed by atoms with Gasteiger partial charge in [-0.3, -0.25) is 5.10 Å². The van der Waals surface area contributed by atoms with Gasteiger partial charge in [-0.2, -0.15) is 9.40 Å². The number of carboxylic acids is 1. The van der Waals surface area contributed by atoms with Gasteiger partial charge in [0.25, 0.3) is 10.0 Å². The number of rotatable bonds is 6. The maximum Gasteiger partial charge on any atom is 0.340 e. The maximum absolute atomic E-state index is 12.3. The van der Waals surface area contributed by atoms with E-state index < -0.39 is 21.0 Å². The van der Waals surface area contributed by atoms with Gasteiger partial charge in [0.2, 0.25) is 5.03 Å². The van der Waals surface area contributed by atoms with E-state index in [4.69, 9.17) is 5.11 Å². The summed E-state index contributed by atoms with van der Waals surface area (Å²) in [6, 6.07) is 0. The monoisotopic (exact) mass is 289 g/mol. The second-order valence-electron chi connectivity index (χ2n) is 4.84. The first-order chi connectivity index (χ1) is 8.67. The molecule has 0 atom stereocenters. The van der Waals surface area contributed by atoms with Crippen LogP contribution in [-0.2, 0) is 10.0 Å². The molecule has 0 aliphatic carbocycles. The largest absolute Gasteiger partial charge is 0.478 e. The number of hydrogen-bond acceptors (Lipinski definition) is 4. The Hall–Kier alpha value is -1.41. The van der Waals surface area contributed by atoms with Crippen LogP contribution < -0.4 is 0 Å². The third-order valence-electron chi connectivity index (χ3n) is 2.80. The van der Waals surface area contributed by atoms with Gasteiger partial charge in [0.05, 0.1) is 0 Å². The van der Waals surface area contributed by atoms with Gasteiger partial charge < -0.3 is 5.11 Å². The average molecular weight is 289 g/mol. The maximum atomic E-state index is 12.3. The Bertz CT molecular complexity index is 562. The molecule has 19 heavy (non-hydrogen) atoms. The summed E-state index contributed by atoms with van der Waals surface area (Å²) in [5.74, 6) is -0.945. The molecule has 0 amide bonds. The van der Waals surface area contributed by atoms with Gasteiger partial charge in [0.15, 0.2) is 0 Å². The van der Waals surface area contributed by atoms with Crippen molar-refractivity contribution in [3.8, 4) is 0 Å². The molecule has 0 saturated heterocycles. The second-order valence-corrected chi connectivity index (χ2v) is 6.80. The van der Waals surface area contributed by atoms with E-state index in [1.807, 2.05) is 13.8 Å². The highest BCUT2D eigenvalue weighted by Crippen LogP contribution is 2.20. The Labute approximate surface area is 112 Å². The van der Waals surface area contributed by atoms with E-state index in [9.17, 15) is 13.2 Å². The molecule has 1 aromatic heterocycles. The molecule has 1 aromatic rings. The van der Waals surface area contributed by atoms with E-state index in [1.54, 1.807) is 0 Å². The van der Waals surface area contributed by atoms with Gasteiger partial charge in [0, 0.05) is 19.3 Å². The molecule has 1 heterocycles. The minimum absolute atomic E-state index is 0.225.